The van der Waals surface area contributed by atoms with Gasteiger partial charge in [-0.05, 0) is 48.3 Å². The van der Waals surface area contributed by atoms with Crippen molar-refractivity contribution in [2.45, 2.75) is 81.1 Å². The van der Waals surface area contributed by atoms with Crippen LogP contribution in [0.2, 0.25) is 0 Å². The molecule has 1 fully saturated rings. The number of hydrogen-bond donors (Lipinski definition) is 0. The summed E-state index contributed by atoms with van der Waals surface area (Å²) in [6.07, 6.45) is 7.29. The van der Waals surface area contributed by atoms with Crippen molar-refractivity contribution in [1.82, 2.24) is 0 Å². The molecule has 0 heterocycles. The highest BCUT2D eigenvalue weighted by atomic mass is 14.4. The summed E-state index contributed by atoms with van der Waals surface area (Å²) in [5.74, 6) is 2.00. The molecule has 0 radical (unpaired) electrons. The Balaban J connectivity index is 0.00000225. The molecule has 0 amide bonds. The third-order valence-electron chi connectivity index (χ3n) is 4.07. The molecule has 0 aromatic heterocycles. The van der Waals surface area contributed by atoms with E-state index in [0.29, 0.717) is 10.8 Å². The molecule has 0 heteroatoms. The van der Waals surface area contributed by atoms with E-state index in [0.717, 1.165) is 11.8 Å². The van der Waals surface area contributed by atoms with Crippen molar-refractivity contribution in [2.24, 2.45) is 22.7 Å². The van der Waals surface area contributed by atoms with Crippen molar-refractivity contribution in [3.63, 3.8) is 0 Å². The topological polar surface area (TPSA) is 0 Å². The fourth-order valence-corrected chi connectivity index (χ4v) is 2.76. The molecule has 16 heavy (non-hydrogen) atoms. The molecule has 0 spiro atoms. The van der Waals surface area contributed by atoms with E-state index in [4.69, 9.17) is 0 Å². The Morgan fingerprint density at radius 1 is 0.938 bits per heavy atom. The van der Waals surface area contributed by atoms with Gasteiger partial charge in [0.15, 0.2) is 0 Å². The Morgan fingerprint density at radius 3 is 1.88 bits per heavy atom. The Morgan fingerprint density at radius 2 is 1.50 bits per heavy atom. The molecule has 1 aliphatic rings. The van der Waals surface area contributed by atoms with Crippen LogP contribution >= 0.6 is 0 Å². The highest BCUT2D eigenvalue weighted by Gasteiger charge is 2.32. The summed E-state index contributed by atoms with van der Waals surface area (Å²) in [7, 11) is 0. The van der Waals surface area contributed by atoms with Gasteiger partial charge in [-0.1, -0.05) is 55.4 Å². The molecule has 1 aliphatic carbocycles. The van der Waals surface area contributed by atoms with Gasteiger partial charge >= 0.3 is 0 Å². The van der Waals surface area contributed by atoms with Gasteiger partial charge in [0.1, 0.15) is 0 Å². The van der Waals surface area contributed by atoms with E-state index in [-0.39, 0.29) is 7.43 Å². The quantitative estimate of drug-likeness (QED) is 0.549. The second kappa shape index (κ2) is 5.56. The van der Waals surface area contributed by atoms with Gasteiger partial charge in [0.2, 0.25) is 0 Å². The van der Waals surface area contributed by atoms with E-state index in [1.54, 1.807) is 0 Å². The Bertz CT molecular complexity index is 189. The predicted octanol–water partition coefficient (Wildman–Crippen LogP) is 5.91. The molecule has 0 saturated heterocycles. The first kappa shape index (κ1) is 16.0. The van der Waals surface area contributed by atoms with Crippen molar-refractivity contribution >= 4 is 0 Å². The summed E-state index contributed by atoms with van der Waals surface area (Å²) in [4.78, 5) is 0. The van der Waals surface area contributed by atoms with Crippen molar-refractivity contribution in [3.8, 4) is 0 Å². The van der Waals surface area contributed by atoms with E-state index in [1.165, 1.54) is 32.1 Å². The number of hydrogen-bond acceptors (Lipinski definition) is 0. The lowest BCUT2D eigenvalue weighted by Crippen LogP contribution is -2.17. The zero-order valence-electron chi connectivity index (χ0n) is 11.7. The maximum Gasteiger partial charge on any atom is -0.0354 e. The second-order valence-electron chi connectivity index (χ2n) is 7.84. The van der Waals surface area contributed by atoms with Crippen LogP contribution in [-0.2, 0) is 0 Å². The highest BCUT2D eigenvalue weighted by Crippen LogP contribution is 2.44. The van der Waals surface area contributed by atoms with E-state index < -0.39 is 0 Å². The summed E-state index contributed by atoms with van der Waals surface area (Å²) in [5, 5.41) is 0. The summed E-state index contributed by atoms with van der Waals surface area (Å²) in [5.41, 5.74) is 1.07. The molecule has 0 aromatic rings. The van der Waals surface area contributed by atoms with Crippen molar-refractivity contribution in [2.75, 3.05) is 0 Å². The average molecular weight is 226 g/mol. The molecule has 98 valence electrons. The normalized spacial score (nSPS) is 26.6. The largest absolute Gasteiger partial charge is 0.0776 e. The van der Waals surface area contributed by atoms with Crippen molar-refractivity contribution in [3.05, 3.63) is 0 Å². The van der Waals surface area contributed by atoms with E-state index >= 15 is 0 Å². The first-order valence-electron chi connectivity index (χ1n) is 6.68. The molecular formula is C16H34. The minimum Gasteiger partial charge on any atom is -0.0776 e. The summed E-state index contributed by atoms with van der Waals surface area (Å²) < 4.78 is 0. The first-order chi connectivity index (χ1) is 6.68. The molecule has 2 atom stereocenters. The molecule has 0 nitrogen and oxygen atoms in total. The van der Waals surface area contributed by atoms with Gasteiger partial charge < -0.3 is 0 Å². The van der Waals surface area contributed by atoms with Crippen LogP contribution in [0.4, 0.5) is 0 Å². The number of rotatable bonds is 2. The van der Waals surface area contributed by atoms with Gasteiger partial charge in [-0.15, -0.1) is 0 Å². The van der Waals surface area contributed by atoms with Gasteiger partial charge in [0.05, 0.1) is 0 Å². The zero-order valence-corrected chi connectivity index (χ0v) is 11.7. The summed E-state index contributed by atoms with van der Waals surface area (Å²) in [6.45, 7) is 14.3. The molecule has 1 rings (SSSR count). The van der Waals surface area contributed by atoms with Gasteiger partial charge in [-0.25, -0.2) is 0 Å². The monoisotopic (exact) mass is 226 g/mol. The summed E-state index contributed by atoms with van der Waals surface area (Å²) in [6, 6.07) is 0. The lowest BCUT2D eigenvalue weighted by atomic mass is 9.78. The van der Waals surface area contributed by atoms with Gasteiger partial charge in [0, 0.05) is 0 Å². The molecule has 0 N–H and O–H groups in total. The molecule has 0 aromatic carbocycles. The van der Waals surface area contributed by atoms with Crippen LogP contribution in [0.1, 0.15) is 81.1 Å². The fourth-order valence-electron chi connectivity index (χ4n) is 2.76. The minimum atomic E-state index is 0. The average Bonchev–Trinajstić information content (AvgIpc) is 2.45. The van der Waals surface area contributed by atoms with Crippen LogP contribution in [0.25, 0.3) is 0 Å². The van der Waals surface area contributed by atoms with Gasteiger partial charge in [-0.2, -0.15) is 0 Å². The third-order valence-corrected chi connectivity index (χ3v) is 4.07. The van der Waals surface area contributed by atoms with Gasteiger partial charge in [0.25, 0.3) is 0 Å². The smallest absolute Gasteiger partial charge is 0.0354 e. The first-order valence-corrected chi connectivity index (χ1v) is 6.68. The van der Waals surface area contributed by atoms with E-state index in [1.807, 2.05) is 0 Å². The van der Waals surface area contributed by atoms with Crippen LogP contribution in [0.5, 0.6) is 0 Å². The second-order valence-corrected chi connectivity index (χ2v) is 7.84. The Hall–Kier alpha value is 0. The minimum absolute atomic E-state index is 0. The van der Waals surface area contributed by atoms with E-state index in [2.05, 4.69) is 41.5 Å². The zero-order chi connectivity index (χ0) is 11.7. The fraction of sp³-hybridized carbons (Fsp3) is 1.00. The third kappa shape index (κ3) is 5.37. The molecule has 0 bridgehead atoms. The van der Waals surface area contributed by atoms with Crippen LogP contribution in [0, 0.1) is 22.7 Å². The molecule has 0 aliphatic heterocycles. The molecule has 2 unspecified atom stereocenters. The van der Waals surface area contributed by atoms with Crippen molar-refractivity contribution in [1.29, 1.82) is 0 Å². The summed E-state index contributed by atoms with van der Waals surface area (Å²) >= 11 is 0. The van der Waals surface area contributed by atoms with Crippen LogP contribution in [0.15, 0.2) is 0 Å². The lowest BCUT2D eigenvalue weighted by Gasteiger charge is -2.27. The lowest BCUT2D eigenvalue weighted by molar-refractivity contribution is 0.233. The maximum absolute atomic E-state index is 2.41. The van der Waals surface area contributed by atoms with E-state index in [9.17, 15) is 0 Å². The highest BCUT2D eigenvalue weighted by molar-refractivity contribution is 4.84. The van der Waals surface area contributed by atoms with Gasteiger partial charge in [-0.3, -0.25) is 0 Å². The molecule has 1 saturated carbocycles. The Kier molecular flexibility index (Phi) is 5.56. The van der Waals surface area contributed by atoms with Crippen LogP contribution in [-0.4, -0.2) is 0 Å². The van der Waals surface area contributed by atoms with Crippen LogP contribution in [0.3, 0.4) is 0 Å². The van der Waals surface area contributed by atoms with Crippen LogP contribution < -0.4 is 0 Å². The maximum atomic E-state index is 2.41. The predicted molar refractivity (Wildman–Crippen MR) is 75.7 cm³/mol. The standard InChI is InChI=1S/C15H30.CH4/c1-14(2,3)10-9-12-7-8-13(11-12)15(4,5)6;/h12-13H,7-11H2,1-6H3;1H4. The SMILES string of the molecule is C.CC(C)(C)CCC1CCC(C(C)(C)C)C1. The molecular weight excluding hydrogens is 192 g/mol. The van der Waals surface area contributed by atoms with Crippen molar-refractivity contribution < 1.29 is 0 Å². The Labute approximate surface area is 104 Å².